The summed E-state index contributed by atoms with van der Waals surface area (Å²) >= 11 is 1.18. The van der Waals surface area contributed by atoms with Crippen molar-refractivity contribution >= 4 is 34.7 Å². The Hall–Kier alpha value is -4.22. The highest BCUT2D eigenvalue weighted by atomic mass is 32.1. The molecule has 3 aromatic rings. The highest BCUT2D eigenvalue weighted by Gasteiger charge is 2.41. The Morgan fingerprint density at radius 1 is 1.02 bits per heavy atom. The van der Waals surface area contributed by atoms with E-state index in [1.807, 2.05) is 44.3 Å². The van der Waals surface area contributed by atoms with Gasteiger partial charge in [-0.3, -0.25) is 20.0 Å². The van der Waals surface area contributed by atoms with Crippen molar-refractivity contribution < 1.29 is 24.0 Å². The number of carbonyl (C=O) groups is 2. The monoisotopic (exact) mass is 590 g/mol. The van der Waals surface area contributed by atoms with Gasteiger partial charge in [-0.25, -0.2) is 14.6 Å². The molecule has 0 spiro atoms. The molecule has 2 heterocycles. The van der Waals surface area contributed by atoms with Gasteiger partial charge in [0.2, 0.25) is 0 Å². The van der Waals surface area contributed by atoms with Gasteiger partial charge < -0.3 is 9.47 Å². The van der Waals surface area contributed by atoms with Crippen LogP contribution in [0.25, 0.3) is 0 Å². The van der Waals surface area contributed by atoms with E-state index in [2.05, 4.69) is 9.88 Å². The molecule has 4 rings (SSSR count). The lowest BCUT2D eigenvalue weighted by Crippen LogP contribution is -2.30. The van der Waals surface area contributed by atoms with Crippen LogP contribution in [0.5, 0.6) is 0 Å². The second-order valence-corrected chi connectivity index (χ2v) is 11.1. The zero-order chi connectivity index (χ0) is 30.4. The molecule has 2 aromatic carbocycles. The Kier molecular flexibility index (Phi) is 9.97. The molecule has 10 nitrogen and oxygen atoms in total. The minimum Gasteiger partial charge on any atom is -0.462 e. The van der Waals surface area contributed by atoms with Crippen LogP contribution in [0.3, 0.4) is 0 Å². The number of hydrogen-bond acceptors (Lipinski definition) is 10. The van der Waals surface area contributed by atoms with Gasteiger partial charge in [-0.05, 0) is 45.9 Å². The Morgan fingerprint density at radius 3 is 2.45 bits per heavy atom. The topological polar surface area (TPSA) is 124 Å². The van der Waals surface area contributed by atoms with Crippen LogP contribution in [0.4, 0.5) is 5.69 Å². The van der Waals surface area contributed by atoms with Gasteiger partial charge in [0.05, 0.1) is 28.7 Å². The van der Waals surface area contributed by atoms with Gasteiger partial charge in [-0.15, -0.1) is 11.3 Å². The van der Waals surface area contributed by atoms with Crippen molar-refractivity contribution in [1.82, 2.24) is 9.88 Å². The summed E-state index contributed by atoms with van der Waals surface area (Å²) in [7, 11) is 1.95. The van der Waals surface area contributed by atoms with E-state index < -0.39 is 28.7 Å². The number of aliphatic imine (C=N–C) groups is 1. The van der Waals surface area contributed by atoms with Gasteiger partial charge in [0.25, 0.3) is 5.69 Å². The number of likely N-dealkylation sites (N-methyl/N-ethyl adjacent to an activating group) is 1. The molecule has 0 aliphatic carbocycles. The Balaban J connectivity index is 1.67. The molecule has 0 N–H and O–H groups in total. The van der Waals surface area contributed by atoms with Gasteiger partial charge in [-0.1, -0.05) is 42.5 Å². The van der Waals surface area contributed by atoms with Crippen molar-refractivity contribution in [3.63, 3.8) is 0 Å². The fraction of sp³-hybridized carbons (Fsp3) is 0.355. The van der Waals surface area contributed by atoms with Crippen LogP contribution in [0.2, 0.25) is 0 Å². The van der Waals surface area contributed by atoms with Crippen LogP contribution in [-0.2, 0) is 20.8 Å². The van der Waals surface area contributed by atoms with E-state index in [1.54, 1.807) is 32.9 Å². The molecule has 0 fully saturated rings. The van der Waals surface area contributed by atoms with Crippen LogP contribution in [-0.4, -0.2) is 59.3 Å². The number of thiazole rings is 1. The normalized spacial score (nSPS) is 16.8. The molecule has 0 saturated carbocycles. The van der Waals surface area contributed by atoms with E-state index in [-0.39, 0.29) is 18.9 Å². The molecular weight excluding hydrogens is 556 g/mol. The van der Waals surface area contributed by atoms with Crippen molar-refractivity contribution in [2.24, 2.45) is 4.99 Å². The number of hydrogen-bond donors (Lipinski definition) is 0. The Labute approximate surface area is 248 Å². The fourth-order valence-corrected chi connectivity index (χ4v) is 6.26. The van der Waals surface area contributed by atoms with E-state index >= 15 is 0 Å². The molecule has 220 valence electrons. The van der Waals surface area contributed by atoms with Crippen LogP contribution >= 0.6 is 11.3 Å². The molecule has 11 heteroatoms. The summed E-state index contributed by atoms with van der Waals surface area (Å²) in [6.07, 6.45) is 0. The van der Waals surface area contributed by atoms with Crippen molar-refractivity contribution in [2.75, 3.05) is 26.8 Å². The zero-order valence-corrected chi connectivity index (χ0v) is 25.1. The van der Waals surface area contributed by atoms with Gasteiger partial charge in [0.15, 0.2) is 0 Å². The number of non-ortho nitro benzene ring substituents is 1. The standard InChI is InChI=1S/C31H34N4O6S/c1-6-40-31(37)28-21(4)33-29(42-28)25-19(2)32-20(3)26(27(25)23-13-10-14-24(17-23)35(38)39)30(36)41-16-15-34(5)18-22-11-8-7-9-12-22/h7-14,17,25,27H,6,15-16,18H2,1-5H3. The number of nitrogens with zero attached hydrogens (tertiary/aromatic N) is 4. The minimum absolute atomic E-state index is 0.0955. The third-order valence-corrected chi connectivity index (χ3v) is 8.25. The van der Waals surface area contributed by atoms with Gasteiger partial charge >= 0.3 is 11.9 Å². The third kappa shape index (κ3) is 6.97. The molecule has 2 unspecified atom stereocenters. The number of aryl methyl sites for hydroxylation is 1. The molecule has 1 aliphatic heterocycles. The number of benzene rings is 2. The molecule has 1 aliphatic rings. The summed E-state index contributed by atoms with van der Waals surface area (Å²) in [6.45, 7) is 8.62. The number of esters is 2. The SMILES string of the molecule is CCOC(=O)c1sc(C2C(C)=NC(C)=C(C(=O)OCCN(C)Cc3ccccc3)C2c2cccc([N+](=O)[O-])c2)nc1C. The average molecular weight is 591 g/mol. The smallest absolute Gasteiger partial charge is 0.350 e. The molecule has 0 radical (unpaired) electrons. The molecule has 0 saturated heterocycles. The van der Waals surface area contributed by atoms with E-state index in [9.17, 15) is 19.7 Å². The predicted octanol–water partition coefficient (Wildman–Crippen LogP) is 5.83. The lowest BCUT2D eigenvalue weighted by atomic mass is 9.76. The van der Waals surface area contributed by atoms with Gasteiger partial charge in [0, 0.05) is 42.5 Å². The number of rotatable bonds is 11. The first-order valence-electron chi connectivity index (χ1n) is 13.6. The van der Waals surface area contributed by atoms with E-state index in [1.165, 1.54) is 23.5 Å². The molecular formula is C31H34N4O6S. The van der Waals surface area contributed by atoms with Gasteiger partial charge in [0.1, 0.15) is 16.5 Å². The number of aromatic nitrogens is 1. The van der Waals surface area contributed by atoms with Crippen LogP contribution < -0.4 is 0 Å². The molecule has 42 heavy (non-hydrogen) atoms. The highest BCUT2D eigenvalue weighted by Crippen LogP contribution is 2.46. The lowest BCUT2D eigenvalue weighted by molar-refractivity contribution is -0.384. The Morgan fingerprint density at radius 2 is 1.76 bits per heavy atom. The average Bonchev–Trinajstić information content (AvgIpc) is 3.34. The van der Waals surface area contributed by atoms with Crippen molar-refractivity contribution in [2.45, 2.75) is 46.1 Å². The summed E-state index contributed by atoms with van der Waals surface area (Å²) < 4.78 is 11.0. The fourth-order valence-electron chi connectivity index (χ4n) is 5.10. The molecule has 0 bridgehead atoms. The first-order chi connectivity index (χ1) is 20.1. The van der Waals surface area contributed by atoms with Crippen LogP contribution in [0, 0.1) is 17.0 Å². The summed E-state index contributed by atoms with van der Waals surface area (Å²) in [5.41, 5.74) is 3.58. The maximum absolute atomic E-state index is 13.7. The number of ether oxygens (including phenoxy) is 2. The predicted molar refractivity (Wildman–Crippen MR) is 161 cm³/mol. The van der Waals surface area contributed by atoms with Crippen LogP contribution in [0.15, 0.2) is 70.9 Å². The number of allylic oxidation sites excluding steroid dienone is 1. The van der Waals surface area contributed by atoms with Crippen molar-refractivity contribution in [1.29, 1.82) is 0 Å². The molecule has 0 amide bonds. The van der Waals surface area contributed by atoms with E-state index in [0.717, 1.165) is 5.56 Å². The summed E-state index contributed by atoms with van der Waals surface area (Å²) in [4.78, 5) is 49.3. The van der Waals surface area contributed by atoms with E-state index in [0.29, 0.717) is 51.2 Å². The first kappa shape index (κ1) is 30.7. The second-order valence-electron chi connectivity index (χ2n) is 10.1. The highest BCUT2D eigenvalue weighted by molar-refractivity contribution is 7.14. The summed E-state index contributed by atoms with van der Waals surface area (Å²) in [5.74, 6) is -2.23. The maximum atomic E-state index is 13.7. The quantitative estimate of drug-likeness (QED) is 0.155. The Bertz CT molecular complexity index is 1530. The van der Waals surface area contributed by atoms with Crippen molar-refractivity contribution in [3.05, 3.63) is 103 Å². The number of carbonyl (C=O) groups excluding carboxylic acids is 2. The van der Waals surface area contributed by atoms with E-state index in [4.69, 9.17) is 14.5 Å². The maximum Gasteiger partial charge on any atom is 0.350 e. The van der Waals surface area contributed by atoms with Crippen LogP contribution in [0.1, 0.15) is 64.1 Å². The molecule has 1 aromatic heterocycles. The van der Waals surface area contributed by atoms with Crippen molar-refractivity contribution in [3.8, 4) is 0 Å². The summed E-state index contributed by atoms with van der Waals surface area (Å²) in [6, 6.07) is 16.2. The second kappa shape index (κ2) is 13.6. The number of nitro benzene ring substituents is 1. The van der Waals surface area contributed by atoms with Gasteiger partial charge in [-0.2, -0.15) is 0 Å². The number of nitro groups is 1. The molecule has 2 atom stereocenters. The third-order valence-electron chi connectivity index (χ3n) is 7.03. The zero-order valence-electron chi connectivity index (χ0n) is 24.3. The first-order valence-corrected chi connectivity index (χ1v) is 14.5. The minimum atomic E-state index is -0.669. The largest absolute Gasteiger partial charge is 0.462 e. The summed E-state index contributed by atoms with van der Waals surface area (Å²) in [5, 5.41) is 12.2. The lowest BCUT2D eigenvalue weighted by Gasteiger charge is -2.32.